The van der Waals surface area contributed by atoms with Crippen LogP contribution < -0.4 is 15.8 Å². The molecule has 0 radical (unpaired) electrons. The highest BCUT2D eigenvalue weighted by molar-refractivity contribution is 5.64. The van der Waals surface area contributed by atoms with Gasteiger partial charge in [0.25, 0.3) is 5.69 Å². The van der Waals surface area contributed by atoms with Crippen molar-refractivity contribution >= 4 is 11.4 Å². The maximum atomic E-state index is 13.3. The van der Waals surface area contributed by atoms with Gasteiger partial charge in [0.05, 0.1) is 18.1 Å². The zero-order valence-corrected chi connectivity index (χ0v) is 9.40. The molecule has 94 valence electrons. The molecule has 0 heterocycles. The summed E-state index contributed by atoms with van der Waals surface area (Å²) in [6.07, 6.45) is 0.664. The maximum absolute atomic E-state index is 13.3. The van der Waals surface area contributed by atoms with Crippen LogP contribution in [0.1, 0.15) is 6.42 Å². The lowest BCUT2D eigenvalue weighted by Crippen LogP contribution is -2.10. The van der Waals surface area contributed by atoms with Crippen molar-refractivity contribution in [2.75, 3.05) is 25.5 Å². The second-order valence-electron chi connectivity index (χ2n) is 3.33. The fourth-order valence-electron chi connectivity index (χ4n) is 1.32. The highest BCUT2D eigenvalue weighted by Crippen LogP contribution is 2.31. The Bertz CT molecular complexity index is 412. The Hall–Kier alpha value is -1.89. The second kappa shape index (κ2) is 6.00. The number of nitro benzene ring substituents is 1. The van der Waals surface area contributed by atoms with E-state index in [1.54, 1.807) is 0 Å². The van der Waals surface area contributed by atoms with Crippen LogP contribution >= 0.6 is 0 Å². The van der Waals surface area contributed by atoms with Crippen LogP contribution in [0.5, 0.6) is 5.75 Å². The van der Waals surface area contributed by atoms with Crippen molar-refractivity contribution in [1.29, 1.82) is 0 Å². The molecule has 0 saturated heterocycles. The third kappa shape index (κ3) is 3.28. The lowest BCUT2D eigenvalue weighted by atomic mass is 10.2. The summed E-state index contributed by atoms with van der Waals surface area (Å²) < 4.78 is 18.1. The second-order valence-corrected chi connectivity index (χ2v) is 3.33. The highest BCUT2D eigenvalue weighted by atomic mass is 19.1. The molecule has 0 atom stereocenters. The predicted molar refractivity (Wildman–Crippen MR) is 61.8 cm³/mol. The van der Waals surface area contributed by atoms with Crippen LogP contribution in [0.2, 0.25) is 0 Å². The summed E-state index contributed by atoms with van der Waals surface area (Å²) in [4.78, 5) is 10.1. The molecule has 3 N–H and O–H groups in total. The minimum atomic E-state index is -0.761. The summed E-state index contributed by atoms with van der Waals surface area (Å²) >= 11 is 0. The molecule has 0 saturated carbocycles. The number of methoxy groups -OCH3 is 1. The van der Waals surface area contributed by atoms with Gasteiger partial charge in [0, 0.05) is 12.6 Å². The molecule has 1 rings (SSSR count). The zero-order valence-electron chi connectivity index (χ0n) is 9.40. The SMILES string of the molecule is COc1cc(NCCCN)c([N+](=O)[O-])cc1F. The predicted octanol–water partition coefficient (Wildman–Crippen LogP) is 1.50. The van der Waals surface area contributed by atoms with Gasteiger partial charge in [-0.3, -0.25) is 10.1 Å². The normalized spacial score (nSPS) is 10.1. The minimum absolute atomic E-state index is 0.0363. The third-order valence-electron chi connectivity index (χ3n) is 2.16. The molecule has 0 aliphatic carbocycles. The first-order valence-corrected chi connectivity index (χ1v) is 5.06. The average Bonchev–Trinajstić information content (AvgIpc) is 2.30. The molecule has 6 nitrogen and oxygen atoms in total. The van der Waals surface area contributed by atoms with Gasteiger partial charge in [-0.25, -0.2) is 4.39 Å². The van der Waals surface area contributed by atoms with Crippen molar-refractivity contribution in [1.82, 2.24) is 0 Å². The number of hydrogen-bond acceptors (Lipinski definition) is 5. The summed E-state index contributed by atoms with van der Waals surface area (Å²) in [5, 5.41) is 13.6. The summed E-state index contributed by atoms with van der Waals surface area (Å²) in [7, 11) is 1.30. The molecule has 0 aliphatic heterocycles. The largest absolute Gasteiger partial charge is 0.494 e. The Balaban J connectivity index is 3.01. The van der Waals surface area contributed by atoms with Crippen molar-refractivity contribution in [2.24, 2.45) is 5.73 Å². The van der Waals surface area contributed by atoms with Gasteiger partial charge in [-0.15, -0.1) is 0 Å². The molecule has 0 aromatic heterocycles. The molecule has 0 fully saturated rings. The Morgan fingerprint density at radius 2 is 2.29 bits per heavy atom. The van der Waals surface area contributed by atoms with E-state index in [1.165, 1.54) is 13.2 Å². The Kier molecular flexibility index (Phi) is 4.65. The number of halogens is 1. The van der Waals surface area contributed by atoms with Crippen LogP contribution in [-0.2, 0) is 0 Å². The summed E-state index contributed by atoms with van der Waals surface area (Å²) in [6.45, 7) is 0.950. The average molecular weight is 243 g/mol. The number of nitro groups is 1. The van der Waals surface area contributed by atoms with E-state index < -0.39 is 10.7 Å². The highest BCUT2D eigenvalue weighted by Gasteiger charge is 2.18. The van der Waals surface area contributed by atoms with Crippen LogP contribution in [0.4, 0.5) is 15.8 Å². The topological polar surface area (TPSA) is 90.4 Å². The fourth-order valence-corrected chi connectivity index (χ4v) is 1.32. The van der Waals surface area contributed by atoms with Gasteiger partial charge in [0.15, 0.2) is 11.6 Å². The number of nitrogens with two attached hydrogens (primary N) is 1. The first-order chi connectivity index (χ1) is 8.10. The van der Waals surface area contributed by atoms with Gasteiger partial charge in [0.2, 0.25) is 0 Å². The Morgan fingerprint density at radius 1 is 1.59 bits per heavy atom. The third-order valence-corrected chi connectivity index (χ3v) is 2.16. The van der Waals surface area contributed by atoms with E-state index in [0.717, 1.165) is 6.07 Å². The van der Waals surface area contributed by atoms with E-state index in [0.29, 0.717) is 19.5 Å². The summed E-state index contributed by atoms with van der Waals surface area (Å²) in [6, 6.07) is 2.10. The zero-order chi connectivity index (χ0) is 12.8. The van der Waals surface area contributed by atoms with Gasteiger partial charge in [-0.1, -0.05) is 0 Å². The molecule has 0 unspecified atom stereocenters. The molecule has 0 bridgehead atoms. The lowest BCUT2D eigenvalue weighted by Gasteiger charge is -2.09. The standard InChI is InChI=1S/C10H14FN3O3/c1-17-10-6-8(13-4-2-3-12)9(14(15)16)5-7(10)11/h5-6,13H,2-4,12H2,1H3. The van der Waals surface area contributed by atoms with Crippen LogP contribution in [0, 0.1) is 15.9 Å². The number of nitrogens with zero attached hydrogens (tertiary/aromatic N) is 1. The molecule has 1 aromatic carbocycles. The Morgan fingerprint density at radius 3 is 2.82 bits per heavy atom. The molecule has 0 spiro atoms. The van der Waals surface area contributed by atoms with E-state index >= 15 is 0 Å². The molecular weight excluding hydrogens is 229 g/mol. The van der Waals surface area contributed by atoms with Crippen molar-refractivity contribution in [3.05, 3.63) is 28.1 Å². The lowest BCUT2D eigenvalue weighted by molar-refractivity contribution is -0.384. The molecule has 17 heavy (non-hydrogen) atoms. The van der Waals surface area contributed by atoms with Crippen LogP contribution in [0.15, 0.2) is 12.1 Å². The van der Waals surface area contributed by atoms with Crippen molar-refractivity contribution < 1.29 is 14.1 Å². The summed E-state index contributed by atoms with van der Waals surface area (Å²) in [5.74, 6) is -0.797. The van der Waals surface area contributed by atoms with Gasteiger partial charge in [-0.05, 0) is 13.0 Å². The minimum Gasteiger partial charge on any atom is -0.494 e. The first kappa shape index (κ1) is 13.2. The van der Waals surface area contributed by atoms with Gasteiger partial charge in [-0.2, -0.15) is 0 Å². The fraction of sp³-hybridized carbons (Fsp3) is 0.400. The molecular formula is C10H14FN3O3. The van der Waals surface area contributed by atoms with Gasteiger partial charge < -0.3 is 15.8 Å². The molecule has 1 aromatic rings. The first-order valence-electron chi connectivity index (χ1n) is 5.06. The number of nitrogens with one attached hydrogen (secondary N) is 1. The van der Waals surface area contributed by atoms with Gasteiger partial charge in [0.1, 0.15) is 5.69 Å². The van der Waals surface area contributed by atoms with Gasteiger partial charge >= 0.3 is 0 Å². The van der Waals surface area contributed by atoms with E-state index in [9.17, 15) is 14.5 Å². The van der Waals surface area contributed by atoms with Crippen molar-refractivity contribution in [2.45, 2.75) is 6.42 Å². The Labute approximate surface area is 97.7 Å². The number of benzene rings is 1. The van der Waals surface area contributed by atoms with Crippen LogP contribution in [-0.4, -0.2) is 25.1 Å². The number of hydrogen-bond donors (Lipinski definition) is 2. The van der Waals surface area contributed by atoms with Crippen LogP contribution in [0.25, 0.3) is 0 Å². The number of ether oxygens (including phenoxy) is 1. The van der Waals surface area contributed by atoms with E-state index in [4.69, 9.17) is 10.5 Å². The number of anilines is 1. The maximum Gasteiger partial charge on any atom is 0.295 e. The van der Waals surface area contributed by atoms with Crippen molar-refractivity contribution in [3.63, 3.8) is 0 Å². The molecule has 7 heteroatoms. The molecule has 0 amide bonds. The summed E-state index contributed by atoms with van der Waals surface area (Å²) in [5.41, 5.74) is 5.22. The quantitative estimate of drug-likeness (QED) is 0.449. The monoisotopic (exact) mass is 243 g/mol. The van der Waals surface area contributed by atoms with E-state index in [1.807, 2.05) is 0 Å². The van der Waals surface area contributed by atoms with E-state index in [2.05, 4.69) is 5.32 Å². The van der Waals surface area contributed by atoms with E-state index in [-0.39, 0.29) is 17.1 Å². The van der Waals surface area contributed by atoms with Crippen LogP contribution in [0.3, 0.4) is 0 Å². The number of rotatable bonds is 6. The van der Waals surface area contributed by atoms with Crippen molar-refractivity contribution in [3.8, 4) is 5.75 Å². The smallest absolute Gasteiger partial charge is 0.295 e. The molecule has 0 aliphatic rings.